The molecule has 0 radical (unpaired) electrons. The highest BCUT2D eigenvalue weighted by Crippen LogP contribution is 2.41. The lowest BCUT2D eigenvalue weighted by molar-refractivity contribution is 0.653. The zero-order valence-electron chi connectivity index (χ0n) is 11.5. The zero-order chi connectivity index (χ0) is 12.7. The second-order valence-corrected chi connectivity index (χ2v) is 5.56. The first-order valence-corrected chi connectivity index (χ1v) is 6.89. The number of aryl methyl sites for hydroxylation is 2. The Morgan fingerprint density at radius 1 is 0.944 bits per heavy atom. The average molecular weight is 236 g/mol. The summed E-state index contributed by atoms with van der Waals surface area (Å²) >= 11 is 0. The summed E-state index contributed by atoms with van der Waals surface area (Å²) in [4.78, 5) is 0. The minimum absolute atomic E-state index is 0.689. The monoisotopic (exact) mass is 236 g/mol. The van der Waals surface area contributed by atoms with Crippen molar-refractivity contribution in [3.63, 3.8) is 0 Å². The SMILES string of the molecule is CCC1Cc2cc(C)ccc2-c2ccc(C)cc21. The number of hydrogen-bond donors (Lipinski definition) is 0. The Hall–Kier alpha value is -1.56. The molecule has 18 heavy (non-hydrogen) atoms. The summed E-state index contributed by atoms with van der Waals surface area (Å²) in [5.41, 5.74) is 8.72. The van der Waals surface area contributed by atoms with Gasteiger partial charge in [0.25, 0.3) is 0 Å². The highest BCUT2D eigenvalue weighted by atomic mass is 14.3. The molecule has 0 fully saturated rings. The van der Waals surface area contributed by atoms with Crippen LogP contribution in [-0.2, 0) is 6.42 Å². The van der Waals surface area contributed by atoms with Crippen LogP contribution in [0.3, 0.4) is 0 Å². The molecule has 0 bridgehead atoms. The van der Waals surface area contributed by atoms with Crippen molar-refractivity contribution in [2.45, 2.75) is 39.5 Å². The lowest BCUT2D eigenvalue weighted by Crippen LogP contribution is -2.11. The van der Waals surface area contributed by atoms with Gasteiger partial charge in [-0.05, 0) is 54.9 Å². The fourth-order valence-corrected chi connectivity index (χ4v) is 3.16. The van der Waals surface area contributed by atoms with Gasteiger partial charge in [0.15, 0.2) is 0 Å². The number of benzene rings is 2. The molecule has 0 aromatic heterocycles. The van der Waals surface area contributed by atoms with Crippen molar-refractivity contribution in [1.29, 1.82) is 0 Å². The third-order valence-corrected chi connectivity index (χ3v) is 4.16. The fourth-order valence-electron chi connectivity index (χ4n) is 3.16. The van der Waals surface area contributed by atoms with Crippen molar-refractivity contribution in [3.05, 3.63) is 58.7 Å². The molecule has 0 spiro atoms. The van der Waals surface area contributed by atoms with E-state index in [9.17, 15) is 0 Å². The summed E-state index contributed by atoms with van der Waals surface area (Å²) in [6.07, 6.45) is 2.42. The van der Waals surface area contributed by atoms with E-state index in [1.807, 2.05) is 0 Å². The molecule has 2 aromatic carbocycles. The highest BCUT2D eigenvalue weighted by molar-refractivity contribution is 5.74. The predicted molar refractivity (Wildman–Crippen MR) is 78.1 cm³/mol. The van der Waals surface area contributed by atoms with Crippen LogP contribution in [0.15, 0.2) is 36.4 Å². The van der Waals surface area contributed by atoms with Gasteiger partial charge in [0.2, 0.25) is 0 Å². The second-order valence-electron chi connectivity index (χ2n) is 5.56. The first-order chi connectivity index (χ1) is 8.69. The summed E-state index contributed by atoms with van der Waals surface area (Å²) in [6, 6.07) is 13.8. The van der Waals surface area contributed by atoms with Crippen molar-refractivity contribution in [2.24, 2.45) is 0 Å². The van der Waals surface area contributed by atoms with Gasteiger partial charge in [0.1, 0.15) is 0 Å². The summed E-state index contributed by atoms with van der Waals surface area (Å²) in [5, 5.41) is 0. The Labute approximate surface area is 110 Å². The number of fused-ring (bicyclic) bond motifs is 3. The molecule has 3 rings (SSSR count). The van der Waals surface area contributed by atoms with Gasteiger partial charge in [0, 0.05) is 0 Å². The maximum absolute atomic E-state index is 2.38. The minimum atomic E-state index is 0.689. The van der Waals surface area contributed by atoms with Gasteiger partial charge in [-0.15, -0.1) is 0 Å². The quantitative estimate of drug-likeness (QED) is 0.652. The highest BCUT2D eigenvalue weighted by Gasteiger charge is 2.23. The van der Waals surface area contributed by atoms with E-state index in [0.29, 0.717) is 5.92 Å². The molecule has 1 atom stereocenters. The molecule has 0 heterocycles. The van der Waals surface area contributed by atoms with Crippen molar-refractivity contribution < 1.29 is 0 Å². The summed E-state index contributed by atoms with van der Waals surface area (Å²) in [7, 11) is 0. The van der Waals surface area contributed by atoms with Gasteiger partial charge in [-0.1, -0.05) is 54.4 Å². The van der Waals surface area contributed by atoms with E-state index in [4.69, 9.17) is 0 Å². The lowest BCUT2D eigenvalue weighted by Gasteiger charge is -2.28. The van der Waals surface area contributed by atoms with E-state index < -0.39 is 0 Å². The van der Waals surface area contributed by atoms with Crippen LogP contribution in [0, 0.1) is 13.8 Å². The van der Waals surface area contributed by atoms with Crippen molar-refractivity contribution in [1.82, 2.24) is 0 Å². The number of hydrogen-bond acceptors (Lipinski definition) is 0. The van der Waals surface area contributed by atoms with Crippen LogP contribution in [0.4, 0.5) is 0 Å². The molecule has 0 nitrogen and oxygen atoms in total. The van der Waals surface area contributed by atoms with Crippen LogP contribution < -0.4 is 0 Å². The normalized spacial score (nSPS) is 17.2. The van der Waals surface area contributed by atoms with Gasteiger partial charge in [-0.3, -0.25) is 0 Å². The smallest absolute Gasteiger partial charge is 0.0118 e. The second kappa shape index (κ2) is 4.28. The van der Waals surface area contributed by atoms with E-state index in [1.165, 1.54) is 40.7 Å². The van der Waals surface area contributed by atoms with E-state index in [2.05, 4.69) is 57.2 Å². The van der Waals surface area contributed by atoms with Crippen LogP contribution in [0.1, 0.15) is 41.5 Å². The van der Waals surface area contributed by atoms with E-state index in [1.54, 1.807) is 5.56 Å². The molecular formula is C18H20. The first-order valence-electron chi connectivity index (χ1n) is 6.89. The predicted octanol–water partition coefficient (Wildman–Crippen LogP) is 5.02. The largest absolute Gasteiger partial charge is 0.0648 e. The molecule has 1 aliphatic rings. The Balaban J connectivity index is 2.24. The Kier molecular flexibility index (Phi) is 2.74. The van der Waals surface area contributed by atoms with E-state index in [0.717, 1.165) is 0 Å². The summed E-state index contributed by atoms with van der Waals surface area (Å²) in [5.74, 6) is 0.689. The van der Waals surface area contributed by atoms with E-state index >= 15 is 0 Å². The maximum Gasteiger partial charge on any atom is -0.0118 e. The third-order valence-electron chi connectivity index (χ3n) is 4.16. The standard InChI is InChI=1S/C18H20/c1-4-14-11-15-9-12(2)5-7-16(15)17-8-6-13(3)10-18(14)17/h5-10,14H,4,11H2,1-3H3. The molecule has 0 N–H and O–H groups in total. The first kappa shape index (κ1) is 11.5. The molecule has 1 aliphatic carbocycles. The Morgan fingerprint density at radius 3 is 2.33 bits per heavy atom. The van der Waals surface area contributed by atoms with Crippen molar-refractivity contribution >= 4 is 0 Å². The van der Waals surface area contributed by atoms with Crippen molar-refractivity contribution in [2.75, 3.05) is 0 Å². The summed E-state index contributed by atoms with van der Waals surface area (Å²) in [6.45, 7) is 6.68. The molecular weight excluding hydrogens is 216 g/mol. The van der Waals surface area contributed by atoms with Gasteiger partial charge < -0.3 is 0 Å². The van der Waals surface area contributed by atoms with Crippen molar-refractivity contribution in [3.8, 4) is 11.1 Å². The topological polar surface area (TPSA) is 0 Å². The lowest BCUT2D eigenvalue weighted by atomic mass is 9.77. The average Bonchev–Trinajstić information content (AvgIpc) is 2.37. The Morgan fingerprint density at radius 2 is 1.61 bits per heavy atom. The van der Waals surface area contributed by atoms with Gasteiger partial charge >= 0.3 is 0 Å². The van der Waals surface area contributed by atoms with Crippen LogP contribution in [0.25, 0.3) is 11.1 Å². The number of rotatable bonds is 1. The minimum Gasteiger partial charge on any atom is -0.0648 e. The van der Waals surface area contributed by atoms with Gasteiger partial charge in [0.05, 0.1) is 0 Å². The summed E-state index contributed by atoms with van der Waals surface area (Å²) < 4.78 is 0. The molecule has 2 aromatic rings. The van der Waals surface area contributed by atoms with Gasteiger partial charge in [-0.25, -0.2) is 0 Å². The maximum atomic E-state index is 2.38. The Bertz CT molecular complexity index is 593. The molecule has 0 saturated heterocycles. The van der Waals surface area contributed by atoms with Crippen LogP contribution in [0.5, 0.6) is 0 Å². The third kappa shape index (κ3) is 1.77. The molecule has 0 heteroatoms. The zero-order valence-corrected chi connectivity index (χ0v) is 11.5. The fraction of sp³-hybridized carbons (Fsp3) is 0.333. The molecule has 0 aliphatic heterocycles. The van der Waals surface area contributed by atoms with E-state index in [-0.39, 0.29) is 0 Å². The molecule has 0 saturated carbocycles. The van der Waals surface area contributed by atoms with Crippen LogP contribution in [0.2, 0.25) is 0 Å². The molecule has 1 unspecified atom stereocenters. The van der Waals surface area contributed by atoms with Crippen LogP contribution >= 0.6 is 0 Å². The van der Waals surface area contributed by atoms with Crippen LogP contribution in [-0.4, -0.2) is 0 Å². The molecule has 92 valence electrons. The molecule has 0 amide bonds. The van der Waals surface area contributed by atoms with Gasteiger partial charge in [-0.2, -0.15) is 0 Å².